The summed E-state index contributed by atoms with van der Waals surface area (Å²) in [5, 5.41) is 11.3. The van der Waals surface area contributed by atoms with Gasteiger partial charge in [0.05, 0.1) is 6.54 Å². The van der Waals surface area contributed by atoms with Crippen LogP contribution in [-0.2, 0) is 24.3 Å². The predicted molar refractivity (Wildman–Crippen MR) is 82.2 cm³/mol. The zero-order valence-corrected chi connectivity index (χ0v) is 13.2. The Hall–Kier alpha value is -1.63. The fraction of sp³-hybridized carbons (Fsp3) is 0.786. The third-order valence-electron chi connectivity index (χ3n) is 3.35. The Morgan fingerprint density at radius 1 is 1.48 bits per heavy atom. The van der Waals surface area contributed by atoms with E-state index in [1.807, 2.05) is 4.68 Å². The Kier molecular flexibility index (Phi) is 5.98. The summed E-state index contributed by atoms with van der Waals surface area (Å²) in [6, 6.07) is 0.337. The van der Waals surface area contributed by atoms with Gasteiger partial charge < -0.3 is 15.4 Å². The number of methoxy groups -OCH3 is 1. The minimum Gasteiger partial charge on any atom is -0.377 e. The van der Waals surface area contributed by atoms with Crippen molar-refractivity contribution < 1.29 is 4.74 Å². The highest BCUT2D eigenvalue weighted by Gasteiger charge is 2.22. The van der Waals surface area contributed by atoms with E-state index in [9.17, 15) is 0 Å². The quantitative estimate of drug-likeness (QED) is 0.597. The summed E-state index contributed by atoms with van der Waals surface area (Å²) < 4.78 is 7.08. The van der Waals surface area contributed by atoms with Gasteiger partial charge in [-0.05, 0) is 19.8 Å². The van der Waals surface area contributed by atoms with Crippen LogP contribution in [0.2, 0.25) is 0 Å². The molecule has 1 aliphatic rings. The lowest BCUT2D eigenvalue weighted by Gasteiger charge is -2.25. The molecule has 1 aromatic rings. The standard InChI is InChI=1S/C14H26N6O/c1-4-8-16-14(15-5-2)17-11-6-7-13-18-12(10-21-3)19-20(13)9-11/h11H,4-10H2,1-3H3,(H2,15,16,17). The zero-order chi connectivity index (χ0) is 15.1. The summed E-state index contributed by atoms with van der Waals surface area (Å²) in [5.74, 6) is 2.71. The van der Waals surface area contributed by atoms with E-state index in [2.05, 4.69) is 39.6 Å². The van der Waals surface area contributed by atoms with Crippen molar-refractivity contribution in [1.29, 1.82) is 0 Å². The van der Waals surface area contributed by atoms with Crippen molar-refractivity contribution >= 4 is 5.96 Å². The lowest BCUT2D eigenvalue weighted by atomic mass is 10.1. The van der Waals surface area contributed by atoms with E-state index in [0.717, 1.165) is 56.5 Å². The molecule has 0 aliphatic carbocycles. The minimum atomic E-state index is 0.337. The summed E-state index contributed by atoms with van der Waals surface area (Å²) >= 11 is 0. The molecule has 7 heteroatoms. The maximum Gasteiger partial charge on any atom is 0.191 e. The summed E-state index contributed by atoms with van der Waals surface area (Å²) in [4.78, 5) is 9.04. The third-order valence-corrected chi connectivity index (χ3v) is 3.35. The van der Waals surface area contributed by atoms with Crippen molar-refractivity contribution in [3.63, 3.8) is 0 Å². The van der Waals surface area contributed by atoms with Gasteiger partial charge in [0.25, 0.3) is 0 Å². The third kappa shape index (κ3) is 4.42. The van der Waals surface area contributed by atoms with Crippen LogP contribution in [0.15, 0.2) is 4.99 Å². The van der Waals surface area contributed by atoms with Crippen molar-refractivity contribution in [3.8, 4) is 0 Å². The molecule has 0 amide bonds. The van der Waals surface area contributed by atoms with E-state index < -0.39 is 0 Å². The zero-order valence-electron chi connectivity index (χ0n) is 13.2. The molecule has 0 radical (unpaired) electrons. The fourth-order valence-electron chi connectivity index (χ4n) is 2.41. The van der Waals surface area contributed by atoms with Crippen LogP contribution in [0.3, 0.4) is 0 Å². The van der Waals surface area contributed by atoms with Gasteiger partial charge in [0, 0.05) is 32.7 Å². The first kappa shape index (κ1) is 15.8. The molecule has 0 saturated heterocycles. The molecule has 1 unspecified atom stereocenters. The molecule has 7 nitrogen and oxygen atoms in total. The second kappa shape index (κ2) is 7.97. The minimum absolute atomic E-state index is 0.337. The average molecular weight is 294 g/mol. The van der Waals surface area contributed by atoms with Crippen LogP contribution in [0.4, 0.5) is 0 Å². The van der Waals surface area contributed by atoms with E-state index in [4.69, 9.17) is 4.74 Å². The number of aromatic nitrogens is 3. The maximum absolute atomic E-state index is 5.09. The Labute approximate surface area is 126 Å². The molecule has 1 aliphatic heterocycles. The van der Waals surface area contributed by atoms with Crippen molar-refractivity contribution in [1.82, 2.24) is 25.4 Å². The van der Waals surface area contributed by atoms with E-state index in [-0.39, 0.29) is 0 Å². The molecule has 118 valence electrons. The Bertz CT molecular complexity index is 470. The van der Waals surface area contributed by atoms with Crippen molar-refractivity contribution in [2.75, 3.05) is 20.2 Å². The molecule has 2 rings (SSSR count). The van der Waals surface area contributed by atoms with E-state index in [1.165, 1.54) is 0 Å². The van der Waals surface area contributed by atoms with Gasteiger partial charge in [-0.3, -0.25) is 4.99 Å². The molecule has 1 atom stereocenters. The molecule has 0 aromatic carbocycles. The molecule has 0 fully saturated rings. The van der Waals surface area contributed by atoms with Gasteiger partial charge in [0.1, 0.15) is 12.4 Å². The maximum atomic E-state index is 5.09. The molecule has 2 N–H and O–H groups in total. The number of aliphatic imine (C=N–C) groups is 1. The molecule has 0 bridgehead atoms. The van der Waals surface area contributed by atoms with Crippen LogP contribution in [-0.4, -0.2) is 47.0 Å². The normalized spacial score (nSPS) is 18.4. The Morgan fingerprint density at radius 2 is 2.33 bits per heavy atom. The van der Waals surface area contributed by atoms with Gasteiger partial charge in [0.2, 0.25) is 0 Å². The lowest BCUT2D eigenvalue weighted by molar-refractivity contribution is 0.177. The lowest BCUT2D eigenvalue weighted by Crippen LogP contribution is -2.47. The topological polar surface area (TPSA) is 76.4 Å². The largest absolute Gasteiger partial charge is 0.377 e. The number of ether oxygens (including phenoxy) is 1. The number of nitrogens with one attached hydrogen (secondary N) is 2. The van der Waals surface area contributed by atoms with Crippen molar-refractivity contribution in [2.45, 2.75) is 52.3 Å². The summed E-state index contributed by atoms with van der Waals surface area (Å²) in [6.45, 7) is 7.22. The Balaban J connectivity index is 1.96. The van der Waals surface area contributed by atoms with Crippen LogP contribution in [0.5, 0.6) is 0 Å². The molecular formula is C14H26N6O. The van der Waals surface area contributed by atoms with Crippen molar-refractivity contribution in [3.05, 3.63) is 11.6 Å². The molecule has 1 aromatic heterocycles. The summed E-state index contributed by atoms with van der Waals surface area (Å²) in [5.41, 5.74) is 0. The highest BCUT2D eigenvalue weighted by atomic mass is 16.5. The first-order valence-corrected chi connectivity index (χ1v) is 7.73. The van der Waals surface area contributed by atoms with E-state index in [1.54, 1.807) is 7.11 Å². The fourth-order valence-corrected chi connectivity index (χ4v) is 2.41. The molecule has 0 spiro atoms. The van der Waals surface area contributed by atoms with E-state index >= 15 is 0 Å². The summed E-state index contributed by atoms with van der Waals surface area (Å²) in [7, 11) is 1.66. The van der Waals surface area contributed by atoms with Gasteiger partial charge in [-0.15, -0.1) is 0 Å². The average Bonchev–Trinajstić information content (AvgIpc) is 2.87. The van der Waals surface area contributed by atoms with Gasteiger partial charge in [0.15, 0.2) is 11.8 Å². The number of hydrogen-bond donors (Lipinski definition) is 2. The van der Waals surface area contributed by atoms with Gasteiger partial charge in [-0.2, -0.15) is 5.10 Å². The number of aryl methyl sites for hydroxylation is 1. The SMILES string of the molecule is CCCN=C(NCC)NC1CCc2nc(COC)nn2C1. The van der Waals surface area contributed by atoms with Gasteiger partial charge in [-0.1, -0.05) is 6.92 Å². The number of rotatable bonds is 6. The second-order valence-electron chi connectivity index (χ2n) is 5.20. The Morgan fingerprint density at radius 3 is 3.05 bits per heavy atom. The number of nitrogens with zero attached hydrogens (tertiary/aromatic N) is 4. The summed E-state index contributed by atoms with van der Waals surface area (Å²) in [6.07, 6.45) is 3.03. The molecular weight excluding hydrogens is 268 g/mol. The van der Waals surface area contributed by atoms with E-state index in [0.29, 0.717) is 12.6 Å². The first-order valence-electron chi connectivity index (χ1n) is 7.73. The molecule has 2 heterocycles. The van der Waals surface area contributed by atoms with Gasteiger partial charge >= 0.3 is 0 Å². The van der Waals surface area contributed by atoms with Crippen molar-refractivity contribution in [2.24, 2.45) is 4.99 Å². The number of guanidine groups is 1. The van der Waals surface area contributed by atoms with Crippen LogP contribution in [0.25, 0.3) is 0 Å². The van der Waals surface area contributed by atoms with Crippen LogP contribution < -0.4 is 10.6 Å². The van der Waals surface area contributed by atoms with Crippen LogP contribution >= 0.6 is 0 Å². The molecule has 21 heavy (non-hydrogen) atoms. The number of hydrogen-bond acceptors (Lipinski definition) is 4. The number of fused-ring (bicyclic) bond motifs is 1. The highest BCUT2D eigenvalue weighted by Crippen LogP contribution is 2.13. The monoisotopic (exact) mass is 294 g/mol. The predicted octanol–water partition coefficient (Wildman–Crippen LogP) is 0.704. The van der Waals surface area contributed by atoms with Gasteiger partial charge in [-0.25, -0.2) is 9.67 Å². The van der Waals surface area contributed by atoms with Crippen LogP contribution in [0, 0.1) is 0 Å². The smallest absolute Gasteiger partial charge is 0.191 e. The molecule has 0 saturated carbocycles. The highest BCUT2D eigenvalue weighted by molar-refractivity contribution is 5.80. The van der Waals surface area contributed by atoms with Crippen LogP contribution in [0.1, 0.15) is 38.3 Å². The second-order valence-corrected chi connectivity index (χ2v) is 5.20. The first-order chi connectivity index (χ1) is 10.3.